The van der Waals surface area contributed by atoms with Gasteiger partial charge in [-0.3, -0.25) is 0 Å². The van der Waals surface area contributed by atoms with Crippen LogP contribution in [-0.2, 0) is 0 Å². The molecule has 0 aromatic rings. The first kappa shape index (κ1) is 4.79. The quantitative estimate of drug-likeness (QED) is 0.477. The molecule has 5 unspecified atom stereocenters. The molecule has 4 rings (SSSR count). The first-order valence-electron chi connectivity index (χ1n) is 4.90. The lowest BCUT2D eigenvalue weighted by atomic mass is 9.63. The van der Waals surface area contributed by atoms with E-state index in [9.17, 15) is 0 Å². The Morgan fingerprint density at radius 2 is 1.90 bits per heavy atom. The van der Waals surface area contributed by atoms with Gasteiger partial charge in [-0.1, -0.05) is 0 Å². The lowest BCUT2D eigenvalue weighted by molar-refractivity contribution is 0.0704. The molecule has 4 fully saturated rings. The van der Waals surface area contributed by atoms with E-state index in [1.165, 1.54) is 23.7 Å². The molecule has 10 heavy (non-hydrogen) atoms. The lowest BCUT2D eigenvalue weighted by Crippen LogP contribution is -2.35. The third-order valence-corrected chi connectivity index (χ3v) is 5.10. The maximum absolute atomic E-state index is 1.65. The molecule has 0 amide bonds. The van der Waals surface area contributed by atoms with E-state index in [1.807, 2.05) is 0 Å². The molecule has 0 saturated heterocycles. The molecule has 0 nitrogen and oxygen atoms in total. The summed E-state index contributed by atoms with van der Waals surface area (Å²) in [4.78, 5) is 0. The Hall–Kier alpha value is 0. The maximum Gasteiger partial charge on any atom is -0.0230 e. The first-order valence-corrected chi connectivity index (χ1v) is 4.90. The predicted molar refractivity (Wildman–Crippen MR) is 39.5 cm³/mol. The van der Waals surface area contributed by atoms with Crippen molar-refractivity contribution >= 4 is 0 Å². The highest BCUT2D eigenvalue weighted by Crippen LogP contribution is 2.82. The van der Waals surface area contributed by atoms with Crippen LogP contribution in [0.1, 0.15) is 32.1 Å². The molecule has 54 valence electrons. The zero-order chi connectivity index (χ0) is 6.34. The van der Waals surface area contributed by atoms with Gasteiger partial charge in [-0.15, -0.1) is 0 Å². The summed E-state index contributed by atoms with van der Waals surface area (Å²) in [5, 5.41) is 0. The Kier molecular flexibility index (Phi) is 0.522. The van der Waals surface area contributed by atoms with Gasteiger partial charge in [-0.05, 0) is 61.2 Å². The SMILES string of the molecule is C1CC2CC34CC3CC1C24. The van der Waals surface area contributed by atoms with Crippen LogP contribution >= 0.6 is 0 Å². The Balaban J connectivity index is 1.86. The smallest absolute Gasteiger partial charge is 0.0230 e. The number of hydrogen-bond acceptors (Lipinski definition) is 0. The van der Waals surface area contributed by atoms with Crippen molar-refractivity contribution in [2.75, 3.05) is 0 Å². The second kappa shape index (κ2) is 1.09. The van der Waals surface area contributed by atoms with Gasteiger partial charge in [0.25, 0.3) is 0 Å². The summed E-state index contributed by atoms with van der Waals surface area (Å²) in [6.07, 6.45) is 8.14. The topological polar surface area (TPSA) is 0 Å². The van der Waals surface area contributed by atoms with Gasteiger partial charge < -0.3 is 0 Å². The van der Waals surface area contributed by atoms with E-state index in [1.54, 1.807) is 32.1 Å². The zero-order valence-corrected chi connectivity index (χ0v) is 6.34. The summed E-state index contributed by atoms with van der Waals surface area (Å²) < 4.78 is 0. The molecule has 0 heteroatoms. The molecule has 0 bridgehead atoms. The van der Waals surface area contributed by atoms with Crippen LogP contribution in [0.15, 0.2) is 0 Å². The van der Waals surface area contributed by atoms with Crippen LogP contribution in [-0.4, -0.2) is 0 Å². The van der Waals surface area contributed by atoms with Crippen molar-refractivity contribution in [2.24, 2.45) is 29.1 Å². The molecule has 0 aliphatic heterocycles. The monoisotopic (exact) mass is 134 g/mol. The molecule has 0 heterocycles. The average molecular weight is 134 g/mol. The van der Waals surface area contributed by atoms with Crippen molar-refractivity contribution in [3.8, 4) is 0 Å². The fourth-order valence-corrected chi connectivity index (χ4v) is 4.81. The minimum Gasteiger partial charge on any atom is -0.0499 e. The molecule has 4 aliphatic carbocycles. The second-order valence-electron chi connectivity index (χ2n) is 5.20. The van der Waals surface area contributed by atoms with E-state index in [2.05, 4.69) is 0 Å². The van der Waals surface area contributed by atoms with Gasteiger partial charge >= 0.3 is 0 Å². The Labute approximate surface area is 62.0 Å². The minimum absolute atomic E-state index is 1.01. The molecule has 0 N–H and O–H groups in total. The molecule has 0 radical (unpaired) electrons. The van der Waals surface area contributed by atoms with Crippen molar-refractivity contribution in [1.82, 2.24) is 0 Å². The van der Waals surface area contributed by atoms with Crippen LogP contribution in [0.2, 0.25) is 0 Å². The lowest BCUT2D eigenvalue weighted by Gasteiger charge is -2.41. The van der Waals surface area contributed by atoms with E-state index >= 15 is 0 Å². The van der Waals surface area contributed by atoms with Crippen LogP contribution < -0.4 is 0 Å². The minimum atomic E-state index is 1.01. The summed E-state index contributed by atoms with van der Waals surface area (Å²) in [5.74, 6) is 4.94. The van der Waals surface area contributed by atoms with Gasteiger partial charge in [0.1, 0.15) is 0 Å². The Bertz CT molecular complexity index is 208. The summed E-state index contributed by atoms with van der Waals surface area (Å²) >= 11 is 0. The predicted octanol–water partition coefficient (Wildman–Crippen LogP) is 2.44. The number of hydrogen-bond donors (Lipinski definition) is 0. The largest absolute Gasteiger partial charge is 0.0499 e. The highest BCUT2D eigenvalue weighted by atomic mass is 14.8. The summed E-state index contributed by atoms with van der Waals surface area (Å²) in [6.45, 7) is 0. The van der Waals surface area contributed by atoms with Crippen molar-refractivity contribution in [3.63, 3.8) is 0 Å². The summed E-state index contributed by atoms with van der Waals surface area (Å²) in [5.41, 5.74) is 1.01. The van der Waals surface area contributed by atoms with E-state index in [4.69, 9.17) is 0 Å². The highest BCUT2D eigenvalue weighted by Gasteiger charge is 2.75. The van der Waals surface area contributed by atoms with Gasteiger partial charge in [-0.2, -0.15) is 0 Å². The zero-order valence-electron chi connectivity index (χ0n) is 6.34. The fourth-order valence-electron chi connectivity index (χ4n) is 4.81. The van der Waals surface area contributed by atoms with E-state index in [0.717, 1.165) is 5.41 Å². The number of rotatable bonds is 0. The van der Waals surface area contributed by atoms with Gasteiger partial charge in [0, 0.05) is 0 Å². The molecule has 4 aliphatic rings. The maximum atomic E-state index is 1.65. The van der Waals surface area contributed by atoms with Crippen molar-refractivity contribution in [2.45, 2.75) is 32.1 Å². The first-order chi connectivity index (χ1) is 4.90. The van der Waals surface area contributed by atoms with Crippen LogP contribution in [0, 0.1) is 29.1 Å². The second-order valence-corrected chi connectivity index (χ2v) is 5.20. The summed E-state index contributed by atoms with van der Waals surface area (Å²) in [6, 6.07) is 0. The van der Waals surface area contributed by atoms with Crippen LogP contribution in [0.25, 0.3) is 0 Å². The third kappa shape index (κ3) is 0.286. The van der Waals surface area contributed by atoms with Gasteiger partial charge in [0.05, 0.1) is 0 Å². The summed E-state index contributed by atoms with van der Waals surface area (Å²) in [7, 11) is 0. The Morgan fingerprint density at radius 3 is 2.80 bits per heavy atom. The van der Waals surface area contributed by atoms with Gasteiger partial charge in [0.15, 0.2) is 0 Å². The molecule has 1 spiro atoms. The van der Waals surface area contributed by atoms with Crippen LogP contribution in [0.5, 0.6) is 0 Å². The van der Waals surface area contributed by atoms with Crippen molar-refractivity contribution in [3.05, 3.63) is 0 Å². The Morgan fingerprint density at radius 1 is 1.00 bits per heavy atom. The molecule has 5 atom stereocenters. The average Bonchev–Trinajstić information content (AvgIpc) is 2.31. The standard InChI is InChI=1S/C10H14/c1-2-7-4-10-5-8(10)3-6(1)9(7)10/h6-9H,1-5H2. The van der Waals surface area contributed by atoms with E-state index < -0.39 is 0 Å². The van der Waals surface area contributed by atoms with Gasteiger partial charge in [-0.25, -0.2) is 0 Å². The molecule has 0 aromatic heterocycles. The molecular formula is C10H14. The van der Waals surface area contributed by atoms with Crippen LogP contribution in [0.4, 0.5) is 0 Å². The van der Waals surface area contributed by atoms with Crippen molar-refractivity contribution in [1.29, 1.82) is 0 Å². The highest BCUT2D eigenvalue weighted by molar-refractivity contribution is 5.23. The fraction of sp³-hybridized carbons (Fsp3) is 1.00. The molecular weight excluding hydrogens is 120 g/mol. The van der Waals surface area contributed by atoms with Gasteiger partial charge in [0.2, 0.25) is 0 Å². The van der Waals surface area contributed by atoms with Crippen LogP contribution in [0.3, 0.4) is 0 Å². The van der Waals surface area contributed by atoms with Crippen molar-refractivity contribution < 1.29 is 0 Å². The third-order valence-electron chi connectivity index (χ3n) is 5.10. The van der Waals surface area contributed by atoms with E-state index in [-0.39, 0.29) is 0 Å². The normalized spacial score (nSPS) is 74.4. The molecule has 4 saturated carbocycles. The molecule has 0 aromatic carbocycles. The van der Waals surface area contributed by atoms with E-state index in [0.29, 0.717) is 0 Å².